The molecular weight excluding hydrogens is 438 g/mol. The number of hydrogen-bond acceptors (Lipinski definition) is 5. The van der Waals surface area contributed by atoms with Crippen LogP contribution in [0.25, 0.3) is 16.8 Å². The van der Waals surface area contributed by atoms with Crippen molar-refractivity contribution < 1.29 is 14.7 Å². The highest BCUT2D eigenvalue weighted by Crippen LogP contribution is 2.26. The summed E-state index contributed by atoms with van der Waals surface area (Å²) in [6.45, 7) is 7.95. The predicted molar refractivity (Wildman–Crippen MR) is 141 cm³/mol. The van der Waals surface area contributed by atoms with E-state index in [2.05, 4.69) is 48.3 Å². The highest BCUT2D eigenvalue weighted by molar-refractivity contribution is 5.93. The Balaban J connectivity index is 1.47. The lowest BCUT2D eigenvalue weighted by molar-refractivity contribution is 0.0706. The fourth-order valence-corrected chi connectivity index (χ4v) is 4.56. The molecule has 3 aromatic rings. The molecule has 1 heterocycles. The second-order valence-corrected chi connectivity index (χ2v) is 9.42. The Morgan fingerprint density at radius 1 is 1.06 bits per heavy atom. The monoisotopic (exact) mass is 473 g/mol. The summed E-state index contributed by atoms with van der Waals surface area (Å²) in [5, 5.41) is 14.9. The lowest BCUT2D eigenvalue weighted by atomic mass is 10.0. The van der Waals surface area contributed by atoms with Gasteiger partial charge in [-0.25, -0.2) is 5.48 Å². The number of amides is 1. The predicted octanol–water partition coefficient (Wildman–Crippen LogP) is 4.88. The van der Waals surface area contributed by atoms with Gasteiger partial charge < -0.3 is 15.0 Å². The van der Waals surface area contributed by atoms with Crippen LogP contribution in [0.5, 0.6) is 5.75 Å². The molecule has 0 aromatic heterocycles. The Morgan fingerprint density at radius 3 is 2.49 bits per heavy atom. The maximum atomic E-state index is 11.6. The van der Waals surface area contributed by atoms with Gasteiger partial charge >= 0.3 is 0 Å². The average Bonchev–Trinajstić information content (AvgIpc) is 2.90. The second kappa shape index (κ2) is 12.0. The van der Waals surface area contributed by atoms with Gasteiger partial charge in [0, 0.05) is 29.6 Å². The summed E-state index contributed by atoms with van der Waals surface area (Å²) in [4.78, 5) is 14.2. The highest BCUT2D eigenvalue weighted by Gasteiger charge is 2.20. The van der Waals surface area contributed by atoms with Crippen LogP contribution in [-0.4, -0.2) is 54.3 Å². The summed E-state index contributed by atoms with van der Waals surface area (Å²) in [6, 6.07) is 22.6. The van der Waals surface area contributed by atoms with Gasteiger partial charge in [-0.05, 0) is 74.5 Å². The quantitative estimate of drug-likeness (QED) is 0.305. The second-order valence-electron chi connectivity index (χ2n) is 9.42. The van der Waals surface area contributed by atoms with E-state index in [9.17, 15) is 4.79 Å². The standard InChI is InChI=1S/C29H35N3O3/c1-21(2)32-16-14-26(15-17-32)30-19-23(18-22-10-12-25(13-11-22)29(33)31-34)20-35-28-9-5-7-24-6-3-4-8-27(24)28/h3-13,18,21,26,30,34H,14-17,19-20H2,1-2H3,(H,31,33). The van der Waals surface area contributed by atoms with Crippen LogP contribution in [0.1, 0.15) is 42.6 Å². The topological polar surface area (TPSA) is 73.8 Å². The molecule has 1 fully saturated rings. The Hall–Kier alpha value is -3.19. The number of fused-ring (bicyclic) bond motifs is 1. The molecule has 0 atom stereocenters. The highest BCUT2D eigenvalue weighted by atomic mass is 16.5. The van der Waals surface area contributed by atoms with Gasteiger partial charge in [-0.3, -0.25) is 10.0 Å². The van der Waals surface area contributed by atoms with Crippen molar-refractivity contribution in [3.05, 3.63) is 83.4 Å². The molecule has 0 saturated carbocycles. The van der Waals surface area contributed by atoms with Gasteiger partial charge in [0.15, 0.2) is 0 Å². The van der Waals surface area contributed by atoms with Crippen LogP contribution < -0.4 is 15.5 Å². The Bertz CT molecular complexity index is 1140. The number of carbonyl (C=O) groups is 1. The minimum Gasteiger partial charge on any atom is -0.489 e. The zero-order chi connectivity index (χ0) is 24.6. The zero-order valence-electron chi connectivity index (χ0n) is 20.5. The molecule has 1 amide bonds. The molecule has 0 spiro atoms. The number of piperidine rings is 1. The van der Waals surface area contributed by atoms with Crippen LogP contribution in [0, 0.1) is 0 Å². The first-order chi connectivity index (χ1) is 17.0. The molecule has 1 saturated heterocycles. The van der Waals surface area contributed by atoms with Gasteiger partial charge in [0.25, 0.3) is 5.91 Å². The molecule has 3 aromatic carbocycles. The minimum atomic E-state index is -0.519. The number of hydrogen-bond donors (Lipinski definition) is 3. The van der Waals surface area contributed by atoms with Crippen LogP contribution in [0.15, 0.2) is 72.3 Å². The third-order valence-electron chi connectivity index (χ3n) is 6.69. The molecule has 6 nitrogen and oxygen atoms in total. The first-order valence-electron chi connectivity index (χ1n) is 12.4. The fraction of sp³-hybridized carbons (Fsp3) is 0.345. The van der Waals surface area contributed by atoms with E-state index < -0.39 is 5.91 Å². The molecular formula is C29H35N3O3. The average molecular weight is 474 g/mol. The molecule has 184 valence electrons. The fourth-order valence-electron chi connectivity index (χ4n) is 4.56. The van der Waals surface area contributed by atoms with Gasteiger partial charge in [0.1, 0.15) is 12.4 Å². The maximum absolute atomic E-state index is 11.6. The van der Waals surface area contributed by atoms with Crippen molar-refractivity contribution >= 4 is 22.8 Å². The van der Waals surface area contributed by atoms with Crippen molar-refractivity contribution in [3.8, 4) is 5.75 Å². The molecule has 35 heavy (non-hydrogen) atoms. The first-order valence-corrected chi connectivity index (χ1v) is 12.4. The zero-order valence-corrected chi connectivity index (χ0v) is 20.5. The van der Waals surface area contributed by atoms with Crippen LogP contribution in [0.2, 0.25) is 0 Å². The molecule has 0 aliphatic carbocycles. The summed E-state index contributed by atoms with van der Waals surface area (Å²) >= 11 is 0. The molecule has 4 rings (SSSR count). The number of likely N-dealkylation sites (tertiary alicyclic amines) is 1. The van der Waals surface area contributed by atoms with Crippen molar-refractivity contribution in [2.45, 2.75) is 38.8 Å². The lowest BCUT2D eigenvalue weighted by Crippen LogP contribution is -2.45. The van der Waals surface area contributed by atoms with Gasteiger partial charge in [0.05, 0.1) is 0 Å². The molecule has 1 aliphatic heterocycles. The van der Waals surface area contributed by atoms with Crippen LogP contribution >= 0.6 is 0 Å². The first kappa shape index (κ1) is 24.9. The molecule has 0 unspecified atom stereocenters. The Morgan fingerprint density at radius 2 is 1.77 bits per heavy atom. The van der Waals surface area contributed by atoms with E-state index in [1.54, 1.807) is 17.6 Å². The van der Waals surface area contributed by atoms with Crippen molar-refractivity contribution in [3.63, 3.8) is 0 Å². The number of rotatable bonds is 9. The number of carbonyl (C=O) groups excluding carboxylic acids is 1. The van der Waals surface area contributed by atoms with E-state index in [0.29, 0.717) is 24.3 Å². The van der Waals surface area contributed by atoms with Crippen molar-refractivity contribution in [1.29, 1.82) is 0 Å². The van der Waals surface area contributed by atoms with Crippen molar-refractivity contribution in [2.24, 2.45) is 0 Å². The van der Waals surface area contributed by atoms with Crippen LogP contribution in [-0.2, 0) is 0 Å². The summed E-state index contributed by atoms with van der Waals surface area (Å²) in [7, 11) is 0. The van der Waals surface area contributed by atoms with Crippen molar-refractivity contribution in [1.82, 2.24) is 15.7 Å². The van der Waals surface area contributed by atoms with Gasteiger partial charge in [-0.2, -0.15) is 0 Å². The number of nitrogens with one attached hydrogen (secondary N) is 2. The third-order valence-corrected chi connectivity index (χ3v) is 6.69. The Kier molecular flexibility index (Phi) is 8.53. The van der Waals surface area contributed by atoms with E-state index in [-0.39, 0.29) is 0 Å². The molecule has 0 bridgehead atoms. The molecule has 6 heteroatoms. The largest absolute Gasteiger partial charge is 0.489 e. The molecule has 0 radical (unpaired) electrons. The summed E-state index contributed by atoms with van der Waals surface area (Å²) in [5.41, 5.74) is 4.19. The Labute approximate surface area is 207 Å². The maximum Gasteiger partial charge on any atom is 0.274 e. The number of ether oxygens (including phenoxy) is 1. The summed E-state index contributed by atoms with van der Waals surface area (Å²) in [6.07, 6.45) is 4.39. The SMILES string of the molecule is CC(C)N1CCC(NCC(=Cc2ccc(C(=O)NO)cc2)COc2cccc3ccccc23)CC1. The summed E-state index contributed by atoms with van der Waals surface area (Å²) < 4.78 is 6.31. The van der Waals surface area contributed by atoms with Crippen LogP contribution in [0.4, 0.5) is 0 Å². The van der Waals surface area contributed by atoms with E-state index in [1.165, 1.54) is 0 Å². The van der Waals surface area contributed by atoms with Crippen molar-refractivity contribution in [2.75, 3.05) is 26.2 Å². The molecule has 1 aliphatic rings. The van der Waals surface area contributed by atoms with E-state index in [4.69, 9.17) is 9.94 Å². The smallest absolute Gasteiger partial charge is 0.274 e. The van der Waals surface area contributed by atoms with E-state index in [0.717, 1.165) is 60.1 Å². The number of benzene rings is 3. The lowest BCUT2D eigenvalue weighted by Gasteiger charge is -2.35. The normalized spacial score (nSPS) is 15.5. The number of hydroxylamine groups is 1. The summed E-state index contributed by atoms with van der Waals surface area (Å²) in [5.74, 6) is 0.351. The molecule has 3 N–H and O–H groups in total. The third kappa shape index (κ3) is 6.69. The van der Waals surface area contributed by atoms with Gasteiger partial charge in [0.2, 0.25) is 0 Å². The van der Waals surface area contributed by atoms with E-state index in [1.807, 2.05) is 36.4 Å². The van der Waals surface area contributed by atoms with E-state index >= 15 is 0 Å². The van der Waals surface area contributed by atoms with Gasteiger partial charge in [-0.15, -0.1) is 0 Å². The van der Waals surface area contributed by atoms with Gasteiger partial charge in [-0.1, -0.05) is 54.6 Å². The number of nitrogens with zero attached hydrogens (tertiary/aromatic N) is 1. The minimum absolute atomic E-state index is 0.410. The van der Waals surface area contributed by atoms with Crippen LogP contribution in [0.3, 0.4) is 0 Å².